The lowest BCUT2D eigenvalue weighted by Crippen LogP contribution is -2.01. The third kappa shape index (κ3) is 2.06. The number of nitriles is 1. The number of rotatable bonds is 2. The fraction of sp³-hybridized carbons (Fsp3) is 0.154. The summed E-state index contributed by atoms with van der Waals surface area (Å²) >= 11 is 0. The fourth-order valence-electron chi connectivity index (χ4n) is 1.63. The molecule has 0 aliphatic rings. The van der Waals surface area contributed by atoms with Crippen LogP contribution in [0.2, 0.25) is 0 Å². The van der Waals surface area contributed by atoms with Gasteiger partial charge in [0.15, 0.2) is 0 Å². The third-order valence-electron chi connectivity index (χ3n) is 2.41. The van der Waals surface area contributed by atoms with E-state index in [0.717, 1.165) is 16.8 Å². The van der Waals surface area contributed by atoms with Gasteiger partial charge in [0, 0.05) is 6.20 Å². The summed E-state index contributed by atoms with van der Waals surface area (Å²) in [4.78, 5) is 7.98. The number of aryl methyl sites for hydroxylation is 1. The smallest absolute Gasteiger partial charge is 0.115 e. The predicted molar refractivity (Wildman–Crippen MR) is 60.7 cm³/mol. The fourth-order valence-corrected chi connectivity index (χ4v) is 1.63. The zero-order valence-electron chi connectivity index (χ0n) is 8.96. The summed E-state index contributed by atoms with van der Waals surface area (Å²) in [5, 5.41) is 9.21. The number of benzene rings is 1. The van der Waals surface area contributed by atoms with Crippen molar-refractivity contribution in [1.29, 1.82) is 5.26 Å². The van der Waals surface area contributed by atoms with E-state index in [4.69, 9.17) is 0 Å². The van der Waals surface area contributed by atoms with Gasteiger partial charge in [-0.3, -0.25) is 0 Å². The number of hydrogen-bond donors (Lipinski definition) is 0. The lowest BCUT2D eigenvalue weighted by atomic mass is 9.96. The Morgan fingerprint density at radius 2 is 2.19 bits per heavy atom. The third-order valence-corrected chi connectivity index (χ3v) is 2.41. The van der Waals surface area contributed by atoms with Crippen LogP contribution in [0.25, 0.3) is 0 Å². The quantitative estimate of drug-likeness (QED) is 0.763. The summed E-state index contributed by atoms with van der Waals surface area (Å²) < 4.78 is 0. The molecule has 1 aromatic carbocycles. The van der Waals surface area contributed by atoms with Crippen LogP contribution in [0.5, 0.6) is 0 Å². The van der Waals surface area contributed by atoms with Gasteiger partial charge in [0.1, 0.15) is 12.2 Å². The van der Waals surface area contributed by atoms with E-state index in [9.17, 15) is 5.26 Å². The van der Waals surface area contributed by atoms with E-state index in [1.54, 1.807) is 12.3 Å². The van der Waals surface area contributed by atoms with Gasteiger partial charge >= 0.3 is 0 Å². The molecule has 16 heavy (non-hydrogen) atoms. The molecule has 0 aliphatic heterocycles. The zero-order valence-corrected chi connectivity index (χ0v) is 8.96. The first-order valence-electron chi connectivity index (χ1n) is 5.03. The highest BCUT2D eigenvalue weighted by Crippen LogP contribution is 2.22. The molecule has 3 nitrogen and oxygen atoms in total. The minimum atomic E-state index is -0.317. The van der Waals surface area contributed by atoms with Crippen molar-refractivity contribution < 1.29 is 0 Å². The summed E-state index contributed by atoms with van der Waals surface area (Å²) in [5.41, 5.74) is 2.86. The molecule has 0 bridgehead atoms. The minimum absolute atomic E-state index is 0.317. The van der Waals surface area contributed by atoms with Crippen molar-refractivity contribution >= 4 is 0 Å². The molecule has 0 amide bonds. The normalized spacial score (nSPS) is 11.8. The molecule has 78 valence electrons. The van der Waals surface area contributed by atoms with Gasteiger partial charge in [-0.05, 0) is 18.6 Å². The minimum Gasteiger partial charge on any atom is -0.245 e. The molecule has 0 fully saturated rings. The van der Waals surface area contributed by atoms with E-state index in [-0.39, 0.29) is 5.92 Å². The molecule has 1 aromatic heterocycles. The molecule has 0 saturated carbocycles. The second kappa shape index (κ2) is 4.54. The van der Waals surface area contributed by atoms with Gasteiger partial charge in [0.2, 0.25) is 0 Å². The van der Waals surface area contributed by atoms with Gasteiger partial charge in [0.05, 0.1) is 11.8 Å². The van der Waals surface area contributed by atoms with Gasteiger partial charge in [0.25, 0.3) is 0 Å². The molecule has 1 heterocycles. The van der Waals surface area contributed by atoms with Crippen LogP contribution in [-0.2, 0) is 0 Å². The average Bonchev–Trinajstić information content (AvgIpc) is 2.31. The lowest BCUT2D eigenvalue weighted by Gasteiger charge is -2.08. The molecule has 1 atom stereocenters. The Morgan fingerprint density at radius 1 is 1.31 bits per heavy atom. The molecule has 0 spiro atoms. The second-order valence-electron chi connectivity index (χ2n) is 3.61. The average molecular weight is 209 g/mol. The Morgan fingerprint density at radius 3 is 2.81 bits per heavy atom. The highest BCUT2D eigenvalue weighted by Gasteiger charge is 2.14. The Kier molecular flexibility index (Phi) is 2.93. The maximum Gasteiger partial charge on any atom is 0.115 e. The first kappa shape index (κ1) is 10.3. The topological polar surface area (TPSA) is 49.6 Å². The molecule has 2 rings (SSSR count). The van der Waals surface area contributed by atoms with E-state index in [1.165, 1.54) is 6.33 Å². The predicted octanol–water partition coefficient (Wildman–Crippen LogP) is 2.44. The first-order valence-corrected chi connectivity index (χ1v) is 5.03. The van der Waals surface area contributed by atoms with Gasteiger partial charge in [-0.15, -0.1) is 0 Å². The highest BCUT2D eigenvalue weighted by molar-refractivity contribution is 5.35. The Bertz CT molecular complexity index is 514. The molecule has 0 saturated heterocycles. The lowest BCUT2D eigenvalue weighted by molar-refractivity contribution is 0.941. The maximum absolute atomic E-state index is 9.21. The van der Waals surface area contributed by atoms with Gasteiger partial charge < -0.3 is 0 Å². The van der Waals surface area contributed by atoms with E-state index in [0.29, 0.717) is 0 Å². The number of hydrogen-bond acceptors (Lipinski definition) is 3. The molecule has 2 aromatic rings. The second-order valence-corrected chi connectivity index (χ2v) is 3.61. The Labute approximate surface area is 94.4 Å². The Hall–Kier alpha value is -2.21. The van der Waals surface area contributed by atoms with Crippen molar-refractivity contribution in [3.63, 3.8) is 0 Å². The monoisotopic (exact) mass is 209 g/mol. The van der Waals surface area contributed by atoms with E-state index in [2.05, 4.69) is 16.0 Å². The zero-order chi connectivity index (χ0) is 11.4. The van der Waals surface area contributed by atoms with Gasteiger partial charge in [-0.1, -0.05) is 29.8 Å². The molecular weight excluding hydrogens is 198 g/mol. The standard InChI is InChI=1S/C13H11N3/c1-10-3-2-4-11(7-10)12(8-14)13-5-6-15-9-16-13/h2-7,9,12H,1H3. The van der Waals surface area contributed by atoms with Crippen LogP contribution < -0.4 is 0 Å². The Balaban J connectivity index is 2.42. The summed E-state index contributed by atoms with van der Waals surface area (Å²) in [6, 6.07) is 12.0. The van der Waals surface area contributed by atoms with Crippen molar-refractivity contribution in [2.24, 2.45) is 0 Å². The van der Waals surface area contributed by atoms with Crippen LogP contribution in [0.3, 0.4) is 0 Å². The largest absolute Gasteiger partial charge is 0.245 e. The van der Waals surface area contributed by atoms with E-state index >= 15 is 0 Å². The van der Waals surface area contributed by atoms with Crippen LogP contribution in [0.4, 0.5) is 0 Å². The van der Waals surface area contributed by atoms with E-state index in [1.807, 2.05) is 31.2 Å². The summed E-state index contributed by atoms with van der Waals surface area (Å²) in [6.07, 6.45) is 3.12. The van der Waals surface area contributed by atoms with Crippen molar-refractivity contribution in [3.8, 4) is 6.07 Å². The van der Waals surface area contributed by atoms with Crippen LogP contribution in [-0.4, -0.2) is 9.97 Å². The van der Waals surface area contributed by atoms with Gasteiger partial charge in [-0.2, -0.15) is 5.26 Å². The van der Waals surface area contributed by atoms with Crippen LogP contribution in [0.15, 0.2) is 42.9 Å². The van der Waals surface area contributed by atoms with Gasteiger partial charge in [-0.25, -0.2) is 9.97 Å². The molecule has 3 heteroatoms. The van der Waals surface area contributed by atoms with E-state index < -0.39 is 0 Å². The van der Waals surface area contributed by atoms with Crippen molar-refractivity contribution in [1.82, 2.24) is 9.97 Å². The summed E-state index contributed by atoms with van der Waals surface area (Å²) in [6.45, 7) is 2.01. The summed E-state index contributed by atoms with van der Waals surface area (Å²) in [7, 11) is 0. The number of nitrogens with zero attached hydrogens (tertiary/aromatic N) is 3. The highest BCUT2D eigenvalue weighted by atomic mass is 14.8. The molecule has 1 unspecified atom stereocenters. The van der Waals surface area contributed by atoms with Crippen LogP contribution in [0, 0.1) is 18.3 Å². The SMILES string of the molecule is Cc1cccc(C(C#N)c2ccncn2)c1. The van der Waals surface area contributed by atoms with Crippen molar-refractivity contribution in [3.05, 3.63) is 59.7 Å². The first-order chi connectivity index (χ1) is 7.81. The van der Waals surface area contributed by atoms with Crippen LogP contribution >= 0.6 is 0 Å². The molecule has 0 N–H and O–H groups in total. The molecule has 0 aliphatic carbocycles. The summed E-state index contributed by atoms with van der Waals surface area (Å²) in [5.74, 6) is -0.317. The van der Waals surface area contributed by atoms with Crippen molar-refractivity contribution in [2.45, 2.75) is 12.8 Å². The maximum atomic E-state index is 9.21. The van der Waals surface area contributed by atoms with Crippen LogP contribution in [0.1, 0.15) is 22.7 Å². The molecular formula is C13H11N3. The molecule has 0 radical (unpaired) electrons. The number of aromatic nitrogens is 2. The van der Waals surface area contributed by atoms with Crippen molar-refractivity contribution in [2.75, 3.05) is 0 Å².